The van der Waals surface area contributed by atoms with Crippen LogP contribution in [0, 0.1) is 13.8 Å². The van der Waals surface area contributed by atoms with Crippen molar-refractivity contribution in [1.82, 2.24) is 14.7 Å². The van der Waals surface area contributed by atoms with Crippen molar-refractivity contribution in [2.24, 2.45) is 0 Å². The highest BCUT2D eigenvalue weighted by Crippen LogP contribution is 2.31. The molecule has 0 radical (unpaired) electrons. The number of halogens is 1. The van der Waals surface area contributed by atoms with Gasteiger partial charge in [-0.15, -0.1) is 0 Å². The number of benzene rings is 1. The molecule has 1 saturated heterocycles. The number of aryl methyl sites for hydroxylation is 2. The quantitative estimate of drug-likeness (QED) is 0.649. The number of β-amino-alcohol motifs (C(OH)–C–C–N with tert-alkyl or cyclic N) is 1. The van der Waals surface area contributed by atoms with Crippen LogP contribution >= 0.6 is 11.6 Å². The Morgan fingerprint density at radius 1 is 1.28 bits per heavy atom. The van der Waals surface area contributed by atoms with Crippen molar-refractivity contribution in [2.75, 3.05) is 31.6 Å². The van der Waals surface area contributed by atoms with E-state index in [1.54, 1.807) is 6.20 Å². The molecule has 1 amide bonds. The minimum atomic E-state index is -0.994. The van der Waals surface area contributed by atoms with Crippen LogP contribution in [0.4, 0.5) is 5.82 Å². The minimum absolute atomic E-state index is 0.0844. The number of nitrogens with one attached hydrogen (secondary N) is 1. The summed E-state index contributed by atoms with van der Waals surface area (Å²) < 4.78 is 7.87. The van der Waals surface area contributed by atoms with Gasteiger partial charge in [0.25, 0.3) is 0 Å². The third kappa shape index (κ3) is 5.45. The first-order valence-electron chi connectivity index (χ1n) is 11.5. The lowest BCUT2D eigenvalue weighted by atomic mass is 9.93. The molecule has 0 spiro atoms. The summed E-state index contributed by atoms with van der Waals surface area (Å²) in [7, 11) is 0. The zero-order valence-corrected chi connectivity index (χ0v) is 19.7. The van der Waals surface area contributed by atoms with E-state index in [4.69, 9.17) is 16.3 Å². The molecule has 174 valence electrons. The highest BCUT2D eigenvalue weighted by molar-refractivity contribution is 6.32. The maximum atomic E-state index is 12.7. The van der Waals surface area contributed by atoms with Gasteiger partial charge >= 0.3 is 0 Å². The van der Waals surface area contributed by atoms with Gasteiger partial charge in [0, 0.05) is 17.6 Å². The van der Waals surface area contributed by atoms with Crippen molar-refractivity contribution in [3.05, 3.63) is 40.5 Å². The van der Waals surface area contributed by atoms with E-state index in [1.165, 1.54) is 12.8 Å². The fourth-order valence-electron chi connectivity index (χ4n) is 4.90. The number of carbonyl (C=O) groups excluding carboxylic acids is 1. The topological polar surface area (TPSA) is 79.6 Å². The van der Waals surface area contributed by atoms with E-state index in [9.17, 15) is 9.90 Å². The molecule has 2 N–H and O–H groups in total. The second-order valence-electron chi connectivity index (χ2n) is 9.35. The maximum absolute atomic E-state index is 12.7. The molecule has 1 aliphatic heterocycles. The number of amides is 1. The van der Waals surface area contributed by atoms with Crippen molar-refractivity contribution in [1.29, 1.82) is 0 Å². The number of carbonyl (C=O) groups is 1. The summed E-state index contributed by atoms with van der Waals surface area (Å²) in [6.07, 6.45) is 7.83. The van der Waals surface area contributed by atoms with Crippen LogP contribution in [0.2, 0.25) is 5.02 Å². The van der Waals surface area contributed by atoms with Crippen LogP contribution in [-0.4, -0.2) is 57.5 Å². The molecule has 1 saturated carbocycles. The smallest absolute Gasteiger partial charge is 0.239 e. The van der Waals surface area contributed by atoms with Gasteiger partial charge in [0.15, 0.2) is 0 Å². The average Bonchev–Trinajstić information content (AvgIpc) is 3.42. The lowest BCUT2D eigenvalue weighted by Gasteiger charge is -2.38. The van der Waals surface area contributed by atoms with Crippen molar-refractivity contribution in [3.8, 4) is 5.75 Å². The van der Waals surface area contributed by atoms with Gasteiger partial charge < -0.3 is 15.2 Å². The molecule has 2 heterocycles. The van der Waals surface area contributed by atoms with Gasteiger partial charge in [0.1, 0.15) is 23.8 Å². The molecule has 2 aliphatic rings. The molecule has 0 bridgehead atoms. The summed E-state index contributed by atoms with van der Waals surface area (Å²) >= 11 is 6.24. The zero-order valence-electron chi connectivity index (χ0n) is 18.9. The molecule has 4 rings (SSSR count). The minimum Gasteiger partial charge on any atom is -0.491 e. The molecule has 1 aromatic carbocycles. The van der Waals surface area contributed by atoms with Crippen molar-refractivity contribution < 1.29 is 14.6 Å². The summed E-state index contributed by atoms with van der Waals surface area (Å²) in [5, 5.41) is 19.3. The predicted octanol–water partition coefficient (Wildman–Crippen LogP) is 4.11. The number of aliphatic hydroxyl groups is 1. The monoisotopic (exact) mass is 460 g/mol. The third-order valence-electron chi connectivity index (χ3n) is 6.53. The van der Waals surface area contributed by atoms with Gasteiger partial charge in [-0.05, 0) is 69.3 Å². The third-order valence-corrected chi connectivity index (χ3v) is 7.12. The van der Waals surface area contributed by atoms with Crippen molar-refractivity contribution in [2.45, 2.75) is 64.0 Å². The first-order valence-corrected chi connectivity index (χ1v) is 11.9. The first kappa shape index (κ1) is 23.1. The van der Waals surface area contributed by atoms with E-state index in [-0.39, 0.29) is 19.1 Å². The molecular formula is C24H33ClN4O3. The fraction of sp³-hybridized carbons (Fsp3) is 0.583. The van der Waals surface area contributed by atoms with Crippen LogP contribution in [0.25, 0.3) is 0 Å². The Bertz CT molecular complexity index is 933. The summed E-state index contributed by atoms with van der Waals surface area (Å²) in [6, 6.07) is 6.00. The Morgan fingerprint density at radius 3 is 2.72 bits per heavy atom. The fourth-order valence-corrected chi connectivity index (χ4v) is 5.01. The Kier molecular flexibility index (Phi) is 7.08. The van der Waals surface area contributed by atoms with Crippen LogP contribution in [0.1, 0.15) is 55.7 Å². The molecule has 8 heteroatoms. The summed E-state index contributed by atoms with van der Waals surface area (Å²) in [4.78, 5) is 14.7. The molecule has 7 nitrogen and oxygen atoms in total. The van der Waals surface area contributed by atoms with E-state index in [2.05, 4.69) is 10.4 Å². The Balaban J connectivity index is 1.31. The van der Waals surface area contributed by atoms with Crippen LogP contribution in [-0.2, 0) is 4.79 Å². The van der Waals surface area contributed by atoms with Crippen LogP contribution < -0.4 is 10.1 Å². The highest BCUT2D eigenvalue weighted by Gasteiger charge is 2.35. The van der Waals surface area contributed by atoms with Gasteiger partial charge in [-0.2, -0.15) is 5.10 Å². The van der Waals surface area contributed by atoms with Gasteiger partial charge in [-0.3, -0.25) is 9.69 Å². The molecular weight excluding hydrogens is 428 g/mol. The number of ether oxygens (including phenoxy) is 1. The average molecular weight is 461 g/mol. The molecule has 1 aromatic heterocycles. The maximum Gasteiger partial charge on any atom is 0.239 e. The van der Waals surface area contributed by atoms with Crippen molar-refractivity contribution >= 4 is 23.3 Å². The van der Waals surface area contributed by atoms with Crippen LogP contribution in [0.15, 0.2) is 24.4 Å². The zero-order chi connectivity index (χ0) is 22.7. The highest BCUT2D eigenvalue weighted by atomic mass is 35.5. The van der Waals surface area contributed by atoms with Crippen LogP contribution in [0.3, 0.4) is 0 Å². The molecule has 32 heavy (non-hydrogen) atoms. The van der Waals surface area contributed by atoms with E-state index in [0.29, 0.717) is 24.8 Å². The summed E-state index contributed by atoms with van der Waals surface area (Å²) in [6.45, 7) is 5.47. The number of likely N-dealkylation sites (tertiary alicyclic amines) is 1. The van der Waals surface area contributed by atoms with Gasteiger partial charge in [-0.1, -0.05) is 24.4 Å². The van der Waals surface area contributed by atoms with E-state index in [1.807, 2.05) is 41.6 Å². The number of hydrogen-bond acceptors (Lipinski definition) is 5. The lowest BCUT2D eigenvalue weighted by Crippen LogP contribution is -2.53. The summed E-state index contributed by atoms with van der Waals surface area (Å²) in [5.74, 6) is 1.37. The second-order valence-corrected chi connectivity index (χ2v) is 9.72. The number of rotatable bonds is 7. The van der Waals surface area contributed by atoms with Gasteiger partial charge in [0.05, 0.1) is 18.8 Å². The summed E-state index contributed by atoms with van der Waals surface area (Å²) in [5.41, 5.74) is 0.908. The van der Waals surface area contributed by atoms with Gasteiger partial charge in [-0.25, -0.2) is 4.68 Å². The molecule has 2 fully saturated rings. The lowest BCUT2D eigenvalue weighted by molar-refractivity contribution is -0.120. The SMILES string of the molecule is Cc1cc(OCC2(O)CCCN(CC(=O)Nc3ccnn3C3CCCC3)C2)cc(C)c1Cl. The van der Waals surface area contributed by atoms with E-state index in [0.717, 1.165) is 47.8 Å². The molecule has 1 aliphatic carbocycles. The normalized spacial score (nSPS) is 22.2. The molecule has 2 aromatic rings. The Labute approximate surface area is 194 Å². The van der Waals surface area contributed by atoms with Gasteiger partial charge in [0.2, 0.25) is 5.91 Å². The first-order chi connectivity index (χ1) is 15.3. The predicted molar refractivity (Wildman–Crippen MR) is 125 cm³/mol. The number of anilines is 1. The number of nitrogens with zero attached hydrogens (tertiary/aromatic N) is 3. The Hall–Kier alpha value is -2.09. The Morgan fingerprint density at radius 2 is 2.00 bits per heavy atom. The molecule has 1 unspecified atom stereocenters. The molecule has 1 atom stereocenters. The number of aromatic nitrogens is 2. The van der Waals surface area contributed by atoms with E-state index < -0.39 is 5.60 Å². The number of piperidine rings is 1. The second kappa shape index (κ2) is 9.81. The van der Waals surface area contributed by atoms with Crippen LogP contribution in [0.5, 0.6) is 5.75 Å². The van der Waals surface area contributed by atoms with E-state index >= 15 is 0 Å². The number of hydrogen-bond donors (Lipinski definition) is 2. The largest absolute Gasteiger partial charge is 0.491 e. The van der Waals surface area contributed by atoms with Crippen molar-refractivity contribution in [3.63, 3.8) is 0 Å². The standard InChI is InChI=1S/C24H33ClN4O3/c1-17-12-20(13-18(2)23(17)25)32-16-24(31)9-5-11-28(15-24)14-22(30)27-21-8-10-26-29(21)19-6-3-4-7-19/h8,10,12-13,19,31H,3-7,9,11,14-16H2,1-2H3,(H,27,30).